The van der Waals surface area contributed by atoms with Crippen molar-refractivity contribution in [2.75, 3.05) is 4.90 Å². The van der Waals surface area contributed by atoms with Gasteiger partial charge >= 0.3 is 0 Å². The zero-order valence-electron chi connectivity index (χ0n) is 26.7. The first-order valence-electron chi connectivity index (χ1n) is 17.1. The van der Waals surface area contributed by atoms with E-state index in [1.54, 1.807) is 0 Å². The number of hydrogen-bond acceptors (Lipinski definition) is 1. The van der Waals surface area contributed by atoms with E-state index < -0.39 is 0 Å². The molecule has 2 nitrogen and oxygen atoms in total. The molecule has 10 rings (SSSR count). The minimum absolute atomic E-state index is 0.945. The number of benzene rings is 6. The number of allylic oxidation sites excluding steroid dienone is 8. The van der Waals surface area contributed by atoms with Crippen molar-refractivity contribution in [2.24, 2.45) is 0 Å². The Kier molecular flexibility index (Phi) is 6.17. The Labute approximate surface area is 280 Å². The largest absolute Gasteiger partial charge is 0.314 e. The Morgan fingerprint density at radius 3 is 1.94 bits per heavy atom. The first-order chi connectivity index (χ1) is 23.8. The van der Waals surface area contributed by atoms with Crippen LogP contribution in [0.1, 0.15) is 31.2 Å². The predicted molar refractivity (Wildman–Crippen MR) is 204 cm³/mol. The fraction of sp³-hybridized carbons (Fsp3) is 0.0870. The highest BCUT2D eigenvalue weighted by Gasteiger charge is 2.27. The summed E-state index contributed by atoms with van der Waals surface area (Å²) in [6.07, 6.45) is 15.6. The van der Waals surface area contributed by atoms with Crippen molar-refractivity contribution in [1.82, 2.24) is 4.57 Å². The van der Waals surface area contributed by atoms with Crippen molar-refractivity contribution in [3.63, 3.8) is 0 Å². The van der Waals surface area contributed by atoms with E-state index >= 15 is 0 Å². The van der Waals surface area contributed by atoms with Crippen LogP contribution in [0.25, 0.3) is 66.1 Å². The van der Waals surface area contributed by atoms with E-state index in [1.807, 2.05) is 0 Å². The number of hydrogen-bond donors (Lipinski definition) is 0. The summed E-state index contributed by atoms with van der Waals surface area (Å²) in [4.78, 5) is 2.41. The molecule has 0 amide bonds. The lowest BCUT2D eigenvalue weighted by molar-refractivity contribution is 0.895. The average Bonchev–Trinajstić information content (AvgIpc) is 3.44. The number of nitrogens with zero attached hydrogens (tertiary/aromatic N) is 2. The van der Waals surface area contributed by atoms with E-state index in [1.165, 1.54) is 88.7 Å². The van der Waals surface area contributed by atoms with Gasteiger partial charge in [0.05, 0.1) is 11.0 Å². The van der Waals surface area contributed by atoms with Gasteiger partial charge in [-0.1, -0.05) is 103 Å². The average molecular weight is 615 g/mol. The van der Waals surface area contributed by atoms with Crippen LogP contribution in [0.3, 0.4) is 0 Å². The number of anilines is 2. The summed E-state index contributed by atoms with van der Waals surface area (Å²) in [6, 6.07) is 47.0. The Morgan fingerprint density at radius 2 is 1.23 bits per heavy atom. The van der Waals surface area contributed by atoms with E-state index in [-0.39, 0.29) is 0 Å². The Morgan fingerprint density at radius 1 is 0.500 bits per heavy atom. The molecule has 6 aromatic carbocycles. The molecular formula is C46H34N2. The molecule has 2 heteroatoms. The number of para-hydroxylation sites is 2. The van der Waals surface area contributed by atoms with Gasteiger partial charge in [-0.05, 0) is 124 Å². The molecule has 1 heterocycles. The van der Waals surface area contributed by atoms with Crippen LogP contribution in [0, 0.1) is 0 Å². The molecule has 0 N–H and O–H groups in total. The molecule has 0 bridgehead atoms. The van der Waals surface area contributed by atoms with Crippen LogP contribution >= 0.6 is 0 Å². The van der Waals surface area contributed by atoms with Crippen LogP contribution in [0.2, 0.25) is 0 Å². The molecule has 0 saturated heterocycles. The molecule has 0 fully saturated rings. The highest BCUT2D eigenvalue weighted by Crippen LogP contribution is 2.51. The maximum atomic E-state index is 2.59. The topological polar surface area (TPSA) is 8.17 Å². The highest BCUT2D eigenvalue weighted by molar-refractivity contribution is 6.31. The van der Waals surface area contributed by atoms with Crippen LogP contribution in [0.15, 0.2) is 163 Å². The van der Waals surface area contributed by atoms with E-state index in [0.717, 1.165) is 25.7 Å². The zero-order valence-corrected chi connectivity index (χ0v) is 26.7. The van der Waals surface area contributed by atoms with Crippen LogP contribution < -0.4 is 4.90 Å². The van der Waals surface area contributed by atoms with Gasteiger partial charge in [0.1, 0.15) is 0 Å². The molecule has 0 saturated carbocycles. The maximum Gasteiger partial charge on any atom is 0.0550 e. The van der Waals surface area contributed by atoms with Gasteiger partial charge in [0.15, 0.2) is 0 Å². The summed E-state index contributed by atoms with van der Waals surface area (Å²) in [5.41, 5.74) is 15.7. The van der Waals surface area contributed by atoms with Gasteiger partial charge < -0.3 is 9.47 Å². The van der Waals surface area contributed by atoms with Gasteiger partial charge in [-0.15, -0.1) is 0 Å². The second-order valence-electron chi connectivity index (χ2n) is 13.1. The summed E-state index contributed by atoms with van der Waals surface area (Å²) in [5, 5.41) is 5.41. The first-order valence-corrected chi connectivity index (χ1v) is 17.1. The Bertz CT molecular complexity index is 2500. The number of aromatic nitrogens is 1. The summed E-state index contributed by atoms with van der Waals surface area (Å²) < 4.78 is 2.59. The molecule has 7 aromatic rings. The van der Waals surface area contributed by atoms with Gasteiger partial charge in [0.25, 0.3) is 0 Å². The molecular weight excluding hydrogens is 581 g/mol. The van der Waals surface area contributed by atoms with Gasteiger partial charge in [-0.3, -0.25) is 0 Å². The number of rotatable bonds is 5. The normalized spacial score (nSPS) is 15.0. The van der Waals surface area contributed by atoms with Gasteiger partial charge in [0, 0.05) is 33.5 Å². The predicted octanol–water partition coefficient (Wildman–Crippen LogP) is 12.7. The smallest absolute Gasteiger partial charge is 0.0550 e. The second-order valence-corrected chi connectivity index (χ2v) is 13.1. The summed E-state index contributed by atoms with van der Waals surface area (Å²) in [7, 11) is 0. The lowest BCUT2D eigenvalue weighted by Crippen LogP contribution is -2.18. The quantitative estimate of drug-likeness (QED) is 0.187. The van der Waals surface area contributed by atoms with Crippen molar-refractivity contribution >= 4 is 55.2 Å². The highest BCUT2D eigenvalue weighted by atomic mass is 15.1. The molecule has 3 aliphatic rings. The molecule has 0 spiro atoms. The minimum atomic E-state index is 0.945. The molecule has 0 unspecified atom stereocenters. The lowest BCUT2D eigenvalue weighted by Gasteiger charge is -2.30. The minimum Gasteiger partial charge on any atom is -0.314 e. The van der Waals surface area contributed by atoms with Crippen molar-refractivity contribution in [1.29, 1.82) is 0 Å². The van der Waals surface area contributed by atoms with Crippen molar-refractivity contribution in [3.8, 4) is 22.3 Å². The fourth-order valence-corrected chi connectivity index (χ4v) is 8.35. The molecule has 3 aliphatic carbocycles. The summed E-state index contributed by atoms with van der Waals surface area (Å²) >= 11 is 0. The van der Waals surface area contributed by atoms with Crippen molar-refractivity contribution < 1.29 is 0 Å². The summed E-state index contributed by atoms with van der Waals surface area (Å²) in [6.45, 7) is 0. The standard InChI is InChI=1S/C46H34N2/c1-4-13-31(14-5-1)33-29-41-39-21-11-10-20-38(39)40-22-12-15-32-23-28-42-46(44(32)40)45(41)43(30-33)48(42)37-26-24-36(25-27-37)47(34-16-6-2-7-17-34)35-18-8-3-9-19-35/h1-4,6-13,15-24,26,28-30H,5,14,25,27H2. The lowest BCUT2D eigenvalue weighted by atomic mass is 9.90. The van der Waals surface area contributed by atoms with E-state index in [0.29, 0.717) is 0 Å². The third-order valence-electron chi connectivity index (χ3n) is 10.5. The fourth-order valence-electron chi connectivity index (χ4n) is 8.35. The Balaban J connectivity index is 1.25. The van der Waals surface area contributed by atoms with Crippen molar-refractivity contribution in [3.05, 3.63) is 169 Å². The SMILES string of the molecule is C1=CCCC(c2cc3c4c5c6c(cccc6ccc5n(C5=CC=C(N(c6ccccc6)c6ccccc6)CC5)c4c2)-c2ccccc2-3)=C1. The van der Waals surface area contributed by atoms with E-state index in [9.17, 15) is 0 Å². The molecule has 0 aliphatic heterocycles. The molecule has 48 heavy (non-hydrogen) atoms. The molecule has 228 valence electrons. The van der Waals surface area contributed by atoms with Crippen LogP contribution in [0.4, 0.5) is 11.4 Å². The van der Waals surface area contributed by atoms with Crippen molar-refractivity contribution in [2.45, 2.75) is 25.7 Å². The third-order valence-corrected chi connectivity index (χ3v) is 10.5. The van der Waals surface area contributed by atoms with Crippen LogP contribution in [-0.2, 0) is 0 Å². The second kappa shape index (κ2) is 10.9. The third kappa shape index (κ3) is 4.12. The van der Waals surface area contributed by atoms with Crippen LogP contribution in [-0.4, -0.2) is 4.57 Å². The van der Waals surface area contributed by atoms with E-state index in [2.05, 4.69) is 167 Å². The zero-order chi connectivity index (χ0) is 31.6. The molecule has 0 radical (unpaired) electrons. The molecule has 1 aromatic heterocycles. The monoisotopic (exact) mass is 614 g/mol. The van der Waals surface area contributed by atoms with Gasteiger partial charge in [0.2, 0.25) is 0 Å². The first kappa shape index (κ1) is 27.3. The van der Waals surface area contributed by atoms with Gasteiger partial charge in [-0.2, -0.15) is 0 Å². The molecule has 0 atom stereocenters. The number of fused-ring (bicyclic) bond motifs is 3. The maximum absolute atomic E-state index is 2.59. The van der Waals surface area contributed by atoms with Gasteiger partial charge in [-0.25, -0.2) is 0 Å². The summed E-state index contributed by atoms with van der Waals surface area (Å²) in [5.74, 6) is 0. The Hall–Kier alpha value is -5.86. The van der Waals surface area contributed by atoms with E-state index in [4.69, 9.17) is 0 Å². The van der Waals surface area contributed by atoms with Crippen LogP contribution in [0.5, 0.6) is 0 Å².